The summed E-state index contributed by atoms with van der Waals surface area (Å²) in [6.45, 7) is 6.09. The summed E-state index contributed by atoms with van der Waals surface area (Å²) in [4.78, 5) is 83.3. The molecule has 0 radical (unpaired) electrons. The highest BCUT2D eigenvalue weighted by atomic mass is 16.8. The fourth-order valence-electron chi connectivity index (χ4n) is 4.41. The molecule has 0 aromatic carbocycles. The van der Waals surface area contributed by atoms with Gasteiger partial charge in [0, 0.05) is 48.5 Å². The molecule has 0 spiro atoms. The van der Waals surface area contributed by atoms with Gasteiger partial charge in [-0.15, -0.1) is 0 Å². The molecule has 0 aliphatic carbocycles. The molecule has 18 heteroatoms. The molecular formula is C26H36O18. The highest BCUT2D eigenvalue weighted by molar-refractivity contribution is 5.69. The van der Waals surface area contributed by atoms with E-state index in [1.54, 1.807) is 0 Å². The quantitative estimate of drug-likeness (QED) is 0.203. The summed E-state index contributed by atoms with van der Waals surface area (Å²) in [6.07, 6.45) is -16.3. The Hall–Kier alpha value is -3.87. The summed E-state index contributed by atoms with van der Waals surface area (Å²) in [6, 6.07) is 0. The Morgan fingerprint density at radius 1 is 0.477 bits per heavy atom. The number of aliphatic hydroxyl groups is 1. The lowest BCUT2D eigenvalue weighted by Gasteiger charge is -2.48. The first-order chi connectivity index (χ1) is 20.5. The molecule has 1 N–H and O–H groups in total. The molecule has 2 saturated heterocycles. The van der Waals surface area contributed by atoms with Crippen molar-refractivity contribution in [2.45, 2.75) is 110 Å². The predicted octanol–water partition coefficient (Wildman–Crippen LogP) is -1.40. The largest absolute Gasteiger partial charge is 0.463 e. The lowest BCUT2D eigenvalue weighted by atomic mass is 9.96. The van der Waals surface area contributed by atoms with Crippen LogP contribution < -0.4 is 0 Å². The normalized spacial score (nSPS) is 31.5. The summed E-state index contributed by atoms with van der Waals surface area (Å²) in [5, 5.41) is 10.9. The van der Waals surface area contributed by atoms with Gasteiger partial charge in [0.25, 0.3) is 0 Å². The molecule has 0 aromatic heterocycles. The van der Waals surface area contributed by atoms with Crippen LogP contribution >= 0.6 is 0 Å². The molecular weight excluding hydrogens is 600 g/mol. The van der Waals surface area contributed by atoms with Gasteiger partial charge in [-0.3, -0.25) is 33.6 Å². The maximum absolute atomic E-state index is 12.2. The first-order valence-corrected chi connectivity index (χ1v) is 13.3. The summed E-state index contributed by atoms with van der Waals surface area (Å²) in [5.41, 5.74) is 0. The Balaban J connectivity index is 2.65. The second-order valence-electron chi connectivity index (χ2n) is 9.69. The van der Waals surface area contributed by atoms with Crippen LogP contribution in [0.5, 0.6) is 0 Å². The first-order valence-electron chi connectivity index (χ1n) is 13.3. The van der Waals surface area contributed by atoms with E-state index < -0.39 is 116 Å². The molecule has 2 rings (SSSR count). The van der Waals surface area contributed by atoms with Crippen molar-refractivity contribution in [1.82, 2.24) is 0 Å². The number of rotatable bonds is 11. The first kappa shape index (κ1) is 36.3. The van der Waals surface area contributed by atoms with Crippen LogP contribution in [0.25, 0.3) is 0 Å². The van der Waals surface area contributed by atoms with E-state index in [0.29, 0.717) is 0 Å². The zero-order valence-electron chi connectivity index (χ0n) is 25.1. The van der Waals surface area contributed by atoms with Gasteiger partial charge in [-0.1, -0.05) is 0 Å². The Morgan fingerprint density at radius 3 is 1.32 bits per heavy atom. The average molecular weight is 637 g/mol. The number of hydrogen-bond acceptors (Lipinski definition) is 18. The van der Waals surface area contributed by atoms with E-state index in [2.05, 4.69) is 0 Å². The number of ether oxygens (including phenoxy) is 10. The maximum atomic E-state index is 12.2. The van der Waals surface area contributed by atoms with Crippen molar-refractivity contribution in [3.8, 4) is 0 Å². The minimum Gasteiger partial charge on any atom is -0.463 e. The summed E-state index contributed by atoms with van der Waals surface area (Å²) >= 11 is 0. The number of carbonyl (C=O) groups is 7. The Morgan fingerprint density at radius 2 is 0.864 bits per heavy atom. The van der Waals surface area contributed by atoms with Crippen molar-refractivity contribution in [3.05, 3.63) is 0 Å². The Kier molecular flexibility index (Phi) is 13.4. The molecule has 18 nitrogen and oxygen atoms in total. The minimum atomic E-state index is -1.79. The van der Waals surface area contributed by atoms with E-state index in [-0.39, 0.29) is 0 Å². The van der Waals surface area contributed by atoms with Crippen LogP contribution in [0.3, 0.4) is 0 Å². The highest BCUT2D eigenvalue weighted by Gasteiger charge is 2.57. The van der Waals surface area contributed by atoms with E-state index in [0.717, 1.165) is 48.5 Å². The van der Waals surface area contributed by atoms with E-state index in [9.17, 15) is 38.7 Å². The fourth-order valence-corrected chi connectivity index (χ4v) is 4.41. The van der Waals surface area contributed by atoms with Gasteiger partial charge in [-0.05, 0) is 0 Å². The van der Waals surface area contributed by atoms with Gasteiger partial charge < -0.3 is 52.5 Å². The Bertz CT molecular complexity index is 1090. The van der Waals surface area contributed by atoms with Gasteiger partial charge in [0.1, 0.15) is 37.6 Å². The van der Waals surface area contributed by atoms with E-state index in [1.165, 1.54) is 0 Å². The standard InChI is InChI=1S/C26H36O18/c1-10(27)35-8-17-19(34)21(37-12(3)29)23(39-14(5)31)26(42-17)44-20-18(9-36-11(2)28)43-25(41-16(7)33)24(40-15(6)32)22(20)38-13(4)30/h17-26,34H,8-9H2,1-7H3/t17-,18-,19+,20-,21+,22+,23-,24-,25+,26+/m1/s1. The van der Waals surface area contributed by atoms with Gasteiger partial charge in [0.2, 0.25) is 12.4 Å². The molecule has 2 fully saturated rings. The molecule has 2 aliphatic heterocycles. The third kappa shape index (κ3) is 10.7. The molecule has 0 bridgehead atoms. The van der Waals surface area contributed by atoms with Crippen LogP contribution in [0.1, 0.15) is 48.5 Å². The Labute approximate surface area is 251 Å². The molecule has 2 heterocycles. The molecule has 0 aromatic rings. The molecule has 248 valence electrons. The third-order valence-corrected chi connectivity index (χ3v) is 5.89. The van der Waals surface area contributed by atoms with Crippen LogP contribution in [-0.2, 0) is 80.9 Å². The second kappa shape index (κ2) is 16.3. The van der Waals surface area contributed by atoms with Crippen molar-refractivity contribution < 1.29 is 86.0 Å². The predicted molar refractivity (Wildman–Crippen MR) is 135 cm³/mol. The van der Waals surface area contributed by atoms with Crippen LogP contribution in [0.2, 0.25) is 0 Å². The lowest BCUT2D eigenvalue weighted by molar-refractivity contribution is -0.357. The number of aliphatic hydroxyl groups excluding tert-OH is 1. The zero-order chi connectivity index (χ0) is 33.3. The van der Waals surface area contributed by atoms with Crippen LogP contribution in [0.4, 0.5) is 0 Å². The van der Waals surface area contributed by atoms with E-state index in [1.807, 2.05) is 0 Å². The summed E-state index contributed by atoms with van der Waals surface area (Å²) < 4.78 is 54.1. The molecule has 0 amide bonds. The van der Waals surface area contributed by atoms with Crippen molar-refractivity contribution in [2.24, 2.45) is 0 Å². The maximum Gasteiger partial charge on any atom is 0.305 e. The topological polar surface area (TPSA) is 232 Å². The summed E-state index contributed by atoms with van der Waals surface area (Å²) in [5.74, 6) is -6.04. The van der Waals surface area contributed by atoms with Crippen LogP contribution in [0.15, 0.2) is 0 Å². The minimum absolute atomic E-state index is 0.572. The van der Waals surface area contributed by atoms with E-state index >= 15 is 0 Å². The SMILES string of the molecule is CC(=O)OC[C@H]1O[C@@H](O[C@H]2[C@H](OC(C)=O)[C@@H](OC(C)=O)[C@@H](OC(C)=O)O[C@@H]2COC(C)=O)[C@H](OC(C)=O)[C@@H](OC(C)=O)[C@H]1O. The lowest BCUT2D eigenvalue weighted by Crippen LogP contribution is -2.67. The van der Waals surface area contributed by atoms with Gasteiger partial charge >= 0.3 is 41.8 Å². The molecule has 2 aliphatic rings. The summed E-state index contributed by atoms with van der Waals surface area (Å²) in [7, 11) is 0. The monoisotopic (exact) mass is 636 g/mol. The van der Waals surface area contributed by atoms with Crippen molar-refractivity contribution in [3.63, 3.8) is 0 Å². The zero-order valence-corrected chi connectivity index (χ0v) is 25.1. The molecule has 0 saturated carbocycles. The molecule has 44 heavy (non-hydrogen) atoms. The average Bonchev–Trinajstić information content (AvgIpc) is 2.87. The van der Waals surface area contributed by atoms with Crippen LogP contribution in [0, 0.1) is 0 Å². The number of carbonyl (C=O) groups excluding carboxylic acids is 7. The highest BCUT2D eigenvalue weighted by Crippen LogP contribution is 2.34. The van der Waals surface area contributed by atoms with E-state index in [4.69, 9.17) is 47.4 Å². The van der Waals surface area contributed by atoms with Gasteiger partial charge in [0.15, 0.2) is 24.6 Å². The molecule has 10 atom stereocenters. The number of hydrogen-bond donors (Lipinski definition) is 1. The smallest absolute Gasteiger partial charge is 0.305 e. The third-order valence-electron chi connectivity index (χ3n) is 5.89. The van der Waals surface area contributed by atoms with Crippen molar-refractivity contribution in [2.75, 3.05) is 13.2 Å². The van der Waals surface area contributed by atoms with Crippen LogP contribution in [-0.4, -0.2) is 122 Å². The van der Waals surface area contributed by atoms with Gasteiger partial charge in [-0.25, -0.2) is 0 Å². The van der Waals surface area contributed by atoms with Crippen molar-refractivity contribution in [1.29, 1.82) is 0 Å². The van der Waals surface area contributed by atoms with Gasteiger partial charge in [-0.2, -0.15) is 0 Å². The second-order valence-corrected chi connectivity index (χ2v) is 9.69. The van der Waals surface area contributed by atoms with Gasteiger partial charge in [0.05, 0.1) is 0 Å². The number of esters is 7. The molecule has 0 unspecified atom stereocenters. The fraction of sp³-hybridized carbons (Fsp3) is 0.731. The van der Waals surface area contributed by atoms with Crippen molar-refractivity contribution >= 4 is 41.8 Å².